The van der Waals surface area contributed by atoms with Crippen molar-refractivity contribution in [2.45, 2.75) is 63.6 Å². The summed E-state index contributed by atoms with van der Waals surface area (Å²) in [6.07, 6.45) is 5.84. The van der Waals surface area contributed by atoms with Gasteiger partial charge in [-0.05, 0) is 38.5 Å². The van der Waals surface area contributed by atoms with E-state index in [2.05, 4.69) is 16.7 Å². The highest BCUT2D eigenvalue weighted by Gasteiger charge is 2.34. The summed E-state index contributed by atoms with van der Waals surface area (Å²) < 4.78 is 0. The summed E-state index contributed by atoms with van der Waals surface area (Å²) in [7, 11) is 0. The summed E-state index contributed by atoms with van der Waals surface area (Å²) >= 11 is 0. The minimum atomic E-state index is -0.0223. The molecule has 3 atom stereocenters. The van der Waals surface area contributed by atoms with Gasteiger partial charge in [0.15, 0.2) is 0 Å². The predicted octanol–water partition coefficient (Wildman–Crippen LogP) is 1.33. The molecule has 0 saturated carbocycles. The summed E-state index contributed by atoms with van der Waals surface area (Å²) in [5.41, 5.74) is 0. The van der Waals surface area contributed by atoms with Gasteiger partial charge in [-0.2, -0.15) is 5.26 Å². The molecule has 2 rings (SSSR count). The molecule has 2 aliphatic heterocycles. The fourth-order valence-corrected chi connectivity index (χ4v) is 3.13. The van der Waals surface area contributed by atoms with Gasteiger partial charge in [0, 0.05) is 24.5 Å². The van der Waals surface area contributed by atoms with Crippen molar-refractivity contribution in [3.63, 3.8) is 0 Å². The van der Waals surface area contributed by atoms with Crippen LogP contribution in [0.15, 0.2) is 0 Å². The second kappa shape index (κ2) is 5.50. The molecule has 2 saturated heterocycles. The fourth-order valence-electron chi connectivity index (χ4n) is 3.13. The van der Waals surface area contributed by atoms with Gasteiger partial charge in [-0.3, -0.25) is 4.79 Å². The number of fused-ring (bicyclic) bond motifs is 2. The van der Waals surface area contributed by atoms with E-state index in [0.29, 0.717) is 30.8 Å². The first-order valence-electron chi connectivity index (χ1n) is 6.59. The molecule has 0 radical (unpaired) electrons. The van der Waals surface area contributed by atoms with Crippen LogP contribution in [0.1, 0.15) is 45.4 Å². The molecule has 0 aromatic carbocycles. The first-order chi connectivity index (χ1) is 8.17. The monoisotopic (exact) mass is 235 g/mol. The Bertz CT molecular complexity index is 311. The topological polar surface area (TPSA) is 64.9 Å². The van der Waals surface area contributed by atoms with Gasteiger partial charge in [0.2, 0.25) is 5.91 Å². The second-order valence-corrected chi connectivity index (χ2v) is 5.51. The Balaban J connectivity index is 1.74. The Morgan fingerprint density at radius 2 is 2.12 bits per heavy atom. The predicted molar refractivity (Wildman–Crippen MR) is 65.1 cm³/mol. The van der Waals surface area contributed by atoms with Crippen LogP contribution in [0.3, 0.4) is 0 Å². The van der Waals surface area contributed by atoms with E-state index in [1.165, 1.54) is 12.8 Å². The Hall–Kier alpha value is -1.08. The van der Waals surface area contributed by atoms with Crippen molar-refractivity contribution >= 4 is 5.91 Å². The van der Waals surface area contributed by atoms with Crippen LogP contribution in [0.2, 0.25) is 0 Å². The average Bonchev–Trinajstić information content (AvgIpc) is 2.58. The third-order valence-electron chi connectivity index (χ3n) is 3.85. The number of hydrogen-bond acceptors (Lipinski definition) is 3. The minimum Gasteiger partial charge on any atom is -0.353 e. The number of rotatable bonds is 4. The molecule has 4 heteroatoms. The molecule has 2 heterocycles. The van der Waals surface area contributed by atoms with Crippen molar-refractivity contribution in [3.8, 4) is 6.07 Å². The molecule has 17 heavy (non-hydrogen) atoms. The third kappa shape index (κ3) is 3.44. The standard InChI is InChI=1S/C13H21N3O/c1-9(4-5-14)15-13(17)8-10-6-11-2-3-12(7-10)16-11/h9-12,16H,2-4,6-8H2,1H3,(H,15,17). The van der Waals surface area contributed by atoms with Gasteiger partial charge in [-0.15, -0.1) is 0 Å². The molecule has 0 aliphatic carbocycles. The Morgan fingerprint density at radius 3 is 2.71 bits per heavy atom. The molecule has 2 fully saturated rings. The molecule has 0 spiro atoms. The van der Waals surface area contributed by atoms with Gasteiger partial charge in [0.25, 0.3) is 0 Å². The highest BCUT2D eigenvalue weighted by atomic mass is 16.1. The van der Waals surface area contributed by atoms with E-state index in [0.717, 1.165) is 12.8 Å². The highest BCUT2D eigenvalue weighted by Crippen LogP contribution is 2.32. The lowest BCUT2D eigenvalue weighted by molar-refractivity contribution is -0.122. The van der Waals surface area contributed by atoms with E-state index < -0.39 is 0 Å². The maximum absolute atomic E-state index is 11.8. The number of nitriles is 1. The molecule has 1 amide bonds. The number of hydrogen-bond donors (Lipinski definition) is 2. The van der Waals surface area contributed by atoms with E-state index in [-0.39, 0.29) is 11.9 Å². The fraction of sp³-hybridized carbons (Fsp3) is 0.846. The molecular weight excluding hydrogens is 214 g/mol. The number of amides is 1. The quantitative estimate of drug-likeness (QED) is 0.772. The van der Waals surface area contributed by atoms with Crippen molar-refractivity contribution in [1.82, 2.24) is 10.6 Å². The Labute approximate surface area is 103 Å². The molecule has 94 valence electrons. The summed E-state index contributed by atoms with van der Waals surface area (Å²) in [5, 5.41) is 15.0. The van der Waals surface area contributed by atoms with Crippen molar-refractivity contribution < 1.29 is 4.79 Å². The maximum Gasteiger partial charge on any atom is 0.220 e. The summed E-state index contributed by atoms with van der Waals surface area (Å²) in [4.78, 5) is 11.8. The molecule has 2 aliphatic rings. The van der Waals surface area contributed by atoms with Gasteiger partial charge in [0.1, 0.15) is 0 Å². The minimum absolute atomic E-state index is 0.0223. The van der Waals surface area contributed by atoms with Gasteiger partial charge in [-0.1, -0.05) is 0 Å². The highest BCUT2D eigenvalue weighted by molar-refractivity contribution is 5.76. The maximum atomic E-state index is 11.8. The number of carbonyl (C=O) groups excluding carboxylic acids is 1. The van der Waals surface area contributed by atoms with Gasteiger partial charge < -0.3 is 10.6 Å². The average molecular weight is 235 g/mol. The van der Waals surface area contributed by atoms with Gasteiger partial charge in [-0.25, -0.2) is 0 Å². The molecule has 4 nitrogen and oxygen atoms in total. The van der Waals surface area contributed by atoms with Gasteiger partial charge in [0.05, 0.1) is 12.5 Å². The zero-order chi connectivity index (χ0) is 12.3. The zero-order valence-corrected chi connectivity index (χ0v) is 10.4. The lowest BCUT2D eigenvalue weighted by Crippen LogP contribution is -2.40. The van der Waals surface area contributed by atoms with Crippen LogP contribution in [0, 0.1) is 17.2 Å². The van der Waals surface area contributed by atoms with E-state index in [4.69, 9.17) is 5.26 Å². The second-order valence-electron chi connectivity index (χ2n) is 5.51. The summed E-state index contributed by atoms with van der Waals surface area (Å²) in [6, 6.07) is 3.34. The number of piperidine rings is 1. The van der Waals surface area contributed by atoms with E-state index in [1.807, 2.05) is 6.92 Å². The van der Waals surface area contributed by atoms with E-state index in [1.54, 1.807) is 0 Å². The van der Waals surface area contributed by atoms with Crippen molar-refractivity contribution in [1.29, 1.82) is 5.26 Å². The largest absolute Gasteiger partial charge is 0.353 e. The van der Waals surface area contributed by atoms with Crippen molar-refractivity contribution in [2.75, 3.05) is 0 Å². The molecule has 2 bridgehead atoms. The van der Waals surface area contributed by atoms with Crippen LogP contribution in [0.4, 0.5) is 0 Å². The molecule has 3 unspecified atom stereocenters. The van der Waals surface area contributed by atoms with E-state index >= 15 is 0 Å². The zero-order valence-electron chi connectivity index (χ0n) is 10.4. The van der Waals surface area contributed by atoms with Crippen LogP contribution in [0.5, 0.6) is 0 Å². The molecular formula is C13H21N3O. The summed E-state index contributed by atoms with van der Waals surface area (Å²) in [5.74, 6) is 0.641. The lowest BCUT2D eigenvalue weighted by Gasteiger charge is -2.28. The molecule has 0 aromatic heterocycles. The molecule has 2 N–H and O–H groups in total. The first-order valence-corrected chi connectivity index (χ1v) is 6.59. The van der Waals surface area contributed by atoms with Crippen molar-refractivity contribution in [3.05, 3.63) is 0 Å². The first kappa shape index (κ1) is 12.4. The van der Waals surface area contributed by atoms with Gasteiger partial charge >= 0.3 is 0 Å². The Kier molecular flexibility index (Phi) is 4.01. The third-order valence-corrected chi connectivity index (χ3v) is 3.85. The SMILES string of the molecule is CC(CC#N)NC(=O)CC1CC2CCC(C1)N2. The summed E-state index contributed by atoms with van der Waals surface area (Å²) in [6.45, 7) is 1.88. The number of nitrogens with zero attached hydrogens (tertiary/aromatic N) is 1. The van der Waals surface area contributed by atoms with Crippen LogP contribution in [0.25, 0.3) is 0 Å². The Morgan fingerprint density at radius 1 is 1.47 bits per heavy atom. The number of carbonyl (C=O) groups is 1. The molecule has 0 aromatic rings. The normalized spacial score (nSPS) is 32.8. The van der Waals surface area contributed by atoms with E-state index in [9.17, 15) is 4.79 Å². The van der Waals surface area contributed by atoms with Crippen molar-refractivity contribution in [2.24, 2.45) is 5.92 Å². The van der Waals surface area contributed by atoms with Crippen LogP contribution in [-0.2, 0) is 4.79 Å². The lowest BCUT2D eigenvalue weighted by atomic mass is 9.89. The van der Waals surface area contributed by atoms with Crippen LogP contribution < -0.4 is 10.6 Å². The van der Waals surface area contributed by atoms with Crippen LogP contribution >= 0.6 is 0 Å². The smallest absolute Gasteiger partial charge is 0.220 e. The number of nitrogens with one attached hydrogen (secondary N) is 2. The van der Waals surface area contributed by atoms with Crippen LogP contribution in [-0.4, -0.2) is 24.0 Å².